The van der Waals surface area contributed by atoms with Crippen LogP contribution in [0.4, 0.5) is 5.69 Å². The molecule has 0 aliphatic carbocycles. The average molecular weight is 280 g/mol. The van der Waals surface area contributed by atoms with Crippen LogP contribution in [-0.2, 0) is 13.1 Å². The third-order valence-corrected chi connectivity index (χ3v) is 3.66. The van der Waals surface area contributed by atoms with Gasteiger partial charge < -0.3 is 10.1 Å². The topological polar surface area (TPSA) is 46.6 Å². The van der Waals surface area contributed by atoms with Gasteiger partial charge in [-0.3, -0.25) is 4.90 Å². The number of aryl methyl sites for hydroxylation is 1. The van der Waals surface area contributed by atoms with Crippen LogP contribution < -0.4 is 5.73 Å². The molecule has 2 heterocycles. The summed E-state index contributed by atoms with van der Waals surface area (Å²) in [5, 5.41) is 0. The Kier molecular flexibility index (Phi) is 3.62. The quantitative estimate of drug-likeness (QED) is 0.799. The highest BCUT2D eigenvalue weighted by Crippen LogP contribution is 2.17. The first kappa shape index (κ1) is 13.6. The van der Waals surface area contributed by atoms with Crippen molar-refractivity contribution in [2.24, 2.45) is 0 Å². The van der Waals surface area contributed by atoms with Crippen LogP contribution in [0.1, 0.15) is 17.0 Å². The van der Waals surface area contributed by atoms with E-state index < -0.39 is 0 Å². The first-order chi connectivity index (χ1) is 10.1. The van der Waals surface area contributed by atoms with Crippen molar-refractivity contribution in [2.75, 3.05) is 12.8 Å². The molecule has 3 rings (SSSR count). The number of nitrogens with zero attached hydrogens (tertiary/aromatic N) is 3. The zero-order valence-electron chi connectivity index (χ0n) is 12.5. The first-order valence-corrected chi connectivity index (χ1v) is 7.09. The molecule has 0 bridgehead atoms. The fourth-order valence-electron chi connectivity index (χ4n) is 2.62. The number of hydrogen-bond acceptors (Lipinski definition) is 3. The number of aromatic nitrogens is 2. The summed E-state index contributed by atoms with van der Waals surface area (Å²) in [7, 11) is 2.12. The number of imidazole rings is 1. The molecule has 0 aliphatic heterocycles. The number of fused-ring (bicyclic) bond motifs is 1. The summed E-state index contributed by atoms with van der Waals surface area (Å²) >= 11 is 0. The number of nitrogen functional groups attached to an aromatic ring is 1. The van der Waals surface area contributed by atoms with E-state index in [1.165, 1.54) is 11.3 Å². The Morgan fingerprint density at radius 1 is 1.10 bits per heavy atom. The van der Waals surface area contributed by atoms with Gasteiger partial charge in [-0.1, -0.05) is 30.3 Å². The average Bonchev–Trinajstić information content (AvgIpc) is 2.76. The summed E-state index contributed by atoms with van der Waals surface area (Å²) in [5.74, 6) is 0. The van der Waals surface area contributed by atoms with Crippen molar-refractivity contribution in [2.45, 2.75) is 20.0 Å². The number of rotatable bonds is 4. The number of hydrogen-bond donors (Lipinski definition) is 1. The fraction of sp³-hybridized carbons (Fsp3) is 0.235. The molecule has 0 amide bonds. The van der Waals surface area contributed by atoms with Gasteiger partial charge in [0.05, 0.1) is 11.4 Å². The molecule has 0 radical (unpaired) electrons. The van der Waals surface area contributed by atoms with Gasteiger partial charge in [-0.05, 0) is 31.7 Å². The fourth-order valence-corrected chi connectivity index (χ4v) is 2.62. The molecule has 0 atom stereocenters. The van der Waals surface area contributed by atoms with E-state index in [4.69, 9.17) is 5.73 Å². The van der Waals surface area contributed by atoms with E-state index in [0.717, 1.165) is 30.1 Å². The standard InChI is InChI=1S/C17H20N4/c1-13-16(21-11-15(18)8-9-17(21)19-13)12-20(2)10-14-6-4-3-5-7-14/h3-9,11H,10,12,18H2,1-2H3. The summed E-state index contributed by atoms with van der Waals surface area (Å²) in [6.45, 7) is 3.80. The van der Waals surface area contributed by atoms with Crippen LogP contribution in [0, 0.1) is 6.92 Å². The molecule has 0 spiro atoms. The van der Waals surface area contributed by atoms with Crippen molar-refractivity contribution < 1.29 is 0 Å². The summed E-state index contributed by atoms with van der Waals surface area (Å²) in [6, 6.07) is 14.3. The number of benzene rings is 1. The van der Waals surface area contributed by atoms with Gasteiger partial charge in [-0.15, -0.1) is 0 Å². The van der Waals surface area contributed by atoms with Crippen molar-refractivity contribution in [3.63, 3.8) is 0 Å². The predicted octanol–water partition coefficient (Wildman–Crippen LogP) is 2.86. The van der Waals surface area contributed by atoms with Gasteiger partial charge in [0.1, 0.15) is 5.65 Å². The van der Waals surface area contributed by atoms with Gasteiger partial charge in [0, 0.05) is 25.0 Å². The monoisotopic (exact) mass is 280 g/mol. The van der Waals surface area contributed by atoms with Gasteiger partial charge in [-0.2, -0.15) is 0 Å². The van der Waals surface area contributed by atoms with Crippen LogP contribution in [0.25, 0.3) is 5.65 Å². The Hall–Kier alpha value is -2.33. The molecule has 2 aromatic heterocycles. The van der Waals surface area contributed by atoms with Crippen LogP contribution in [0.2, 0.25) is 0 Å². The molecule has 4 nitrogen and oxygen atoms in total. The highest BCUT2D eigenvalue weighted by molar-refractivity contribution is 5.50. The van der Waals surface area contributed by atoms with Crippen LogP contribution >= 0.6 is 0 Å². The van der Waals surface area contributed by atoms with E-state index in [-0.39, 0.29) is 0 Å². The van der Waals surface area contributed by atoms with Crippen molar-refractivity contribution in [1.82, 2.24) is 14.3 Å². The molecule has 1 aromatic carbocycles. The van der Waals surface area contributed by atoms with E-state index in [9.17, 15) is 0 Å². The smallest absolute Gasteiger partial charge is 0.137 e. The van der Waals surface area contributed by atoms with Crippen molar-refractivity contribution in [3.05, 3.63) is 65.6 Å². The van der Waals surface area contributed by atoms with Gasteiger partial charge in [0.2, 0.25) is 0 Å². The highest BCUT2D eigenvalue weighted by atomic mass is 15.1. The van der Waals surface area contributed by atoms with Gasteiger partial charge in [-0.25, -0.2) is 4.98 Å². The van der Waals surface area contributed by atoms with Gasteiger partial charge in [0.15, 0.2) is 0 Å². The van der Waals surface area contributed by atoms with Crippen LogP contribution in [0.15, 0.2) is 48.7 Å². The molecule has 2 N–H and O–H groups in total. The highest BCUT2D eigenvalue weighted by Gasteiger charge is 2.11. The third kappa shape index (κ3) is 2.90. The molecule has 0 aliphatic rings. The Labute approximate surface area is 124 Å². The van der Waals surface area contributed by atoms with Crippen LogP contribution in [-0.4, -0.2) is 21.3 Å². The first-order valence-electron chi connectivity index (χ1n) is 7.09. The Balaban J connectivity index is 1.84. The van der Waals surface area contributed by atoms with E-state index in [0.29, 0.717) is 0 Å². The minimum absolute atomic E-state index is 0.756. The summed E-state index contributed by atoms with van der Waals surface area (Å²) in [6.07, 6.45) is 1.95. The zero-order valence-corrected chi connectivity index (χ0v) is 12.5. The third-order valence-electron chi connectivity index (χ3n) is 3.66. The molecule has 0 unspecified atom stereocenters. The van der Waals surface area contributed by atoms with Crippen molar-refractivity contribution >= 4 is 11.3 Å². The molecular weight excluding hydrogens is 260 g/mol. The normalized spacial score (nSPS) is 11.4. The van der Waals surface area contributed by atoms with Crippen LogP contribution in [0.3, 0.4) is 0 Å². The van der Waals surface area contributed by atoms with Gasteiger partial charge in [0.25, 0.3) is 0 Å². The number of nitrogens with two attached hydrogens (primary N) is 1. The lowest BCUT2D eigenvalue weighted by Gasteiger charge is -2.17. The SMILES string of the molecule is Cc1nc2ccc(N)cn2c1CN(C)Cc1ccccc1. The molecule has 108 valence electrons. The van der Waals surface area contributed by atoms with Crippen molar-refractivity contribution in [1.29, 1.82) is 0 Å². The second-order valence-corrected chi connectivity index (χ2v) is 5.49. The molecule has 21 heavy (non-hydrogen) atoms. The van der Waals surface area contributed by atoms with Gasteiger partial charge >= 0.3 is 0 Å². The lowest BCUT2D eigenvalue weighted by molar-refractivity contribution is 0.313. The Bertz CT molecular complexity index is 746. The summed E-state index contributed by atoms with van der Waals surface area (Å²) in [5.41, 5.74) is 11.2. The summed E-state index contributed by atoms with van der Waals surface area (Å²) < 4.78 is 2.09. The molecule has 0 fully saturated rings. The lowest BCUT2D eigenvalue weighted by Crippen LogP contribution is -2.18. The maximum atomic E-state index is 5.89. The number of pyridine rings is 1. The second kappa shape index (κ2) is 5.58. The molecule has 3 aromatic rings. The second-order valence-electron chi connectivity index (χ2n) is 5.49. The minimum Gasteiger partial charge on any atom is -0.398 e. The van der Waals surface area contributed by atoms with E-state index in [1.54, 1.807) is 0 Å². The summed E-state index contributed by atoms with van der Waals surface area (Å²) in [4.78, 5) is 6.88. The zero-order chi connectivity index (χ0) is 14.8. The van der Waals surface area contributed by atoms with E-state index in [2.05, 4.69) is 52.5 Å². The molecular formula is C17H20N4. The van der Waals surface area contributed by atoms with E-state index >= 15 is 0 Å². The molecule has 0 saturated heterocycles. The number of anilines is 1. The Morgan fingerprint density at radius 2 is 1.86 bits per heavy atom. The molecule has 0 saturated carbocycles. The maximum absolute atomic E-state index is 5.89. The van der Waals surface area contributed by atoms with E-state index in [1.807, 2.05) is 24.4 Å². The minimum atomic E-state index is 0.756. The Morgan fingerprint density at radius 3 is 2.62 bits per heavy atom. The van der Waals surface area contributed by atoms with Crippen molar-refractivity contribution in [3.8, 4) is 0 Å². The largest absolute Gasteiger partial charge is 0.398 e. The maximum Gasteiger partial charge on any atom is 0.137 e. The predicted molar refractivity (Wildman–Crippen MR) is 86.0 cm³/mol. The lowest BCUT2D eigenvalue weighted by atomic mass is 10.2. The van der Waals surface area contributed by atoms with Crippen LogP contribution in [0.5, 0.6) is 0 Å². The molecule has 4 heteroatoms.